The SMILES string of the molecule is Fc1cccnc1C1=CCC(N2N=CN3CC4=C(C=C(Cl)CC4)NC=C32)CC1. The molecule has 2 aliphatic carbocycles. The predicted molar refractivity (Wildman–Crippen MR) is 108 cm³/mol. The number of hydrogen-bond acceptors (Lipinski definition) is 5. The van der Waals surface area contributed by atoms with E-state index in [0.29, 0.717) is 5.69 Å². The molecule has 0 spiro atoms. The average Bonchev–Trinajstić information content (AvgIpc) is 3.02. The molecule has 1 atom stereocenters. The van der Waals surface area contributed by atoms with Crippen LogP contribution in [0, 0.1) is 5.82 Å². The van der Waals surface area contributed by atoms with Crippen LogP contribution in [-0.2, 0) is 0 Å². The lowest BCUT2D eigenvalue weighted by molar-refractivity contribution is 0.228. The molecule has 0 saturated carbocycles. The van der Waals surface area contributed by atoms with Gasteiger partial charge in [0.25, 0.3) is 0 Å². The fraction of sp³-hybridized carbons (Fsp3) is 0.333. The van der Waals surface area contributed by atoms with E-state index in [-0.39, 0.29) is 11.9 Å². The van der Waals surface area contributed by atoms with Gasteiger partial charge < -0.3 is 10.2 Å². The second kappa shape index (κ2) is 7.09. The highest BCUT2D eigenvalue weighted by Gasteiger charge is 2.32. The highest BCUT2D eigenvalue weighted by molar-refractivity contribution is 6.29. The van der Waals surface area contributed by atoms with Crippen molar-refractivity contribution in [2.45, 2.75) is 38.1 Å². The molecular weight excluding hydrogens is 377 g/mol. The summed E-state index contributed by atoms with van der Waals surface area (Å²) in [4.78, 5) is 6.39. The van der Waals surface area contributed by atoms with E-state index in [2.05, 4.69) is 31.4 Å². The number of allylic oxidation sites excluding steroid dienone is 3. The Morgan fingerprint density at radius 3 is 3.00 bits per heavy atom. The standard InChI is InChI=1S/C21H21ClFN5/c22-16-6-3-15-12-27-13-26-28(20(27)11-25-19(15)10-16)17-7-4-14(5-8-17)21-18(23)2-1-9-24-21/h1-2,4,9-11,13,17,25H,3,5-8,12H2. The topological polar surface area (TPSA) is 43.8 Å². The average molecular weight is 398 g/mol. The highest BCUT2D eigenvalue weighted by atomic mass is 35.5. The number of halogens is 2. The van der Waals surface area contributed by atoms with Gasteiger partial charge >= 0.3 is 0 Å². The first-order chi connectivity index (χ1) is 13.7. The van der Waals surface area contributed by atoms with E-state index in [1.165, 1.54) is 11.6 Å². The number of nitrogens with one attached hydrogen (secondary N) is 1. The molecule has 1 aromatic rings. The lowest BCUT2D eigenvalue weighted by Crippen LogP contribution is -2.34. The Balaban J connectivity index is 1.33. The van der Waals surface area contributed by atoms with Crippen molar-refractivity contribution < 1.29 is 4.39 Å². The molecule has 0 bridgehead atoms. The minimum absolute atomic E-state index is 0.249. The van der Waals surface area contributed by atoms with Crippen LogP contribution in [0.25, 0.3) is 5.57 Å². The highest BCUT2D eigenvalue weighted by Crippen LogP contribution is 2.35. The van der Waals surface area contributed by atoms with Crippen molar-refractivity contribution in [1.29, 1.82) is 0 Å². The van der Waals surface area contributed by atoms with Crippen molar-refractivity contribution in [3.8, 4) is 0 Å². The maximum Gasteiger partial charge on any atom is 0.149 e. The second-order valence-corrected chi connectivity index (χ2v) is 7.94. The number of fused-ring (bicyclic) bond motifs is 1. The molecule has 0 fully saturated rings. The van der Waals surface area contributed by atoms with Gasteiger partial charge in [-0.25, -0.2) is 9.40 Å². The van der Waals surface area contributed by atoms with Gasteiger partial charge in [-0.05, 0) is 61.5 Å². The van der Waals surface area contributed by atoms with Crippen molar-refractivity contribution in [1.82, 2.24) is 20.2 Å². The van der Waals surface area contributed by atoms with Crippen LogP contribution in [0.4, 0.5) is 4.39 Å². The summed E-state index contributed by atoms with van der Waals surface area (Å²) in [5.41, 5.74) is 3.91. The first-order valence-corrected chi connectivity index (χ1v) is 10.0. The number of pyridine rings is 1. The first kappa shape index (κ1) is 17.5. The number of nitrogens with zero attached hydrogens (tertiary/aromatic N) is 4. The molecule has 4 aliphatic rings. The van der Waals surface area contributed by atoms with E-state index < -0.39 is 0 Å². The predicted octanol–water partition coefficient (Wildman–Crippen LogP) is 4.29. The number of hydrogen-bond donors (Lipinski definition) is 1. The molecule has 2 aliphatic heterocycles. The van der Waals surface area contributed by atoms with Crippen LogP contribution in [0.15, 0.2) is 63.9 Å². The van der Waals surface area contributed by atoms with Crippen LogP contribution in [0.1, 0.15) is 37.8 Å². The molecule has 5 rings (SSSR count). The Bertz CT molecular complexity index is 961. The van der Waals surface area contributed by atoms with Crippen LogP contribution in [0.3, 0.4) is 0 Å². The summed E-state index contributed by atoms with van der Waals surface area (Å²) in [6.07, 6.45) is 14.1. The van der Waals surface area contributed by atoms with Crippen molar-refractivity contribution >= 4 is 23.5 Å². The summed E-state index contributed by atoms with van der Waals surface area (Å²) in [5, 5.41) is 11.0. The molecule has 5 nitrogen and oxygen atoms in total. The summed E-state index contributed by atoms with van der Waals surface area (Å²) in [5.74, 6) is 0.793. The van der Waals surface area contributed by atoms with E-state index in [0.717, 1.165) is 60.8 Å². The number of hydrazone groups is 1. The van der Waals surface area contributed by atoms with Crippen molar-refractivity contribution in [3.63, 3.8) is 0 Å². The van der Waals surface area contributed by atoms with Crippen molar-refractivity contribution in [2.24, 2.45) is 5.10 Å². The summed E-state index contributed by atoms with van der Waals surface area (Å²) in [7, 11) is 0. The molecule has 0 aromatic carbocycles. The third-order valence-electron chi connectivity index (χ3n) is 5.70. The van der Waals surface area contributed by atoms with Gasteiger partial charge in [0.1, 0.15) is 23.7 Å². The lowest BCUT2D eigenvalue weighted by Gasteiger charge is -2.31. The Morgan fingerprint density at radius 2 is 2.18 bits per heavy atom. The van der Waals surface area contributed by atoms with Gasteiger partial charge in [-0.2, -0.15) is 5.10 Å². The maximum atomic E-state index is 14.0. The maximum absolute atomic E-state index is 14.0. The molecule has 0 saturated heterocycles. The Kier molecular flexibility index (Phi) is 4.43. The molecule has 3 heterocycles. The molecule has 28 heavy (non-hydrogen) atoms. The fourth-order valence-corrected chi connectivity index (χ4v) is 4.39. The second-order valence-electron chi connectivity index (χ2n) is 7.45. The van der Waals surface area contributed by atoms with Crippen LogP contribution in [0.2, 0.25) is 0 Å². The Hall–Kier alpha value is -2.60. The van der Waals surface area contributed by atoms with Gasteiger partial charge in [0, 0.05) is 29.7 Å². The van der Waals surface area contributed by atoms with Crippen molar-refractivity contribution in [2.75, 3.05) is 6.54 Å². The van der Waals surface area contributed by atoms with Crippen LogP contribution >= 0.6 is 11.6 Å². The summed E-state index contributed by atoms with van der Waals surface area (Å²) in [6.45, 7) is 0.821. The molecule has 7 heteroatoms. The van der Waals surface area contributed by atoms with E-state index in [1.807, 2.05) is 18.6 Å². The van der Waals surface area contributed by atoms with Crippen molar-refractivity contribution in [3.05, 3.63) is 70.3 Å². The third kappa shape index (κ3) is 3.11. The minimum atomic E-state index is -0.253. The molecule has 0 amide bonds. The normalized spacial score (nSPS) is 24.1. The number of aromatic nitrogens is 1. The monoisotopic (exact) mass is 397 g/mol. The minimum Gasteiger partial charge on any atom is -0.358 e. The Morgan fingerprint density at radius 1 is 1.25 bits per heavy atom. The van der Waals surface area contributed by atoms with E-state index in [4.69, 9.17) is 11.6 Å². The zero-order valence-electron chi connectivity index (χ0n) is 15.4. The molecule has 1 unspecified atom stereocenters. The largest absolute Gasteiger partial charge is 0.358 e. The molecule has 0 radical (unpaired) electrons. The Labute approximate surface area is 168 Å². The summed E-state index contributed by atoms with van der Waals surface area (Å²) in [6, 6.07) is 3.34. The van der Waals surface area contributed by atoms with Crippen LogP contribution in [0.5, 0.6) is 0 Å². The van der Waals surface area contributed by atoms with E-state index >= 15 is 0 Å². The van der Waals surface area contributed by atoms with E-state index in [1.54, 1.807) is 12.3 Å². The van der Waals surface area contributed by atoms with Gasteiger partial charge in [-0.1, -0.05) is 17.7 Å². The first-order valence-electron chi connectivity index (χ1n) is 9.64. The third-order valence-corrected chi connectivity index (χ3v) is 6.00. The number of rotatable bonds is 2. The van der Waals surface area contributed by atoms with Crippen LogP contribution in [-0.4, -0.2) is 33.8 Å². The molecule has 144 valence electrons. The van der Waals surface area contributed by atoms with Gasteiger partial charge in [-0.15, -0.1) is 0 Å². The van der Waals surface area contributed by atoms with E-state index in [9.17, 15) is 4.39 Å². The van der Waals surface area contributed by atoms with Gasteiger partial charge in [-0.3, -0.25) is 4.98 Å². The zero-order valence-corrected chi connectivity index (χ0v) is 16.2. The molecule has 1 N–H and O–H groups in total. The quantitative estimate of drug-likeness (QED) is 0.808. The smallest absolute Gasteiger partial charge is 0.149 e. The molecular formula is C21H21ClFN5. The summed E-state index contributed by atoms with van der Waals surface area (Å²) >= 11 is 6.21. The lowest BCUT2D eigenvalue weighted by atomic mass is 9.92. The van der Waals surface area contributed by atoms with Gasteiger partial charge in [0.05, 0.1) is 6.04 Å². The van der Waals surface area contributed by atoms with Gasteiger partial charge in [0.2, 0.25) is 0 Å². The fourth-order valence-electron chi connectivity index (χ4n) is 4.19. The zero-order chi connectivity index (χ0) is 19.1. The van der Waals surface area contributed by atoms with Crippen LogP contribution < -0.4 is 5.32 Å². The summed E-state index contributed by atoms with van der Waals surface area (Å²) < 4.78 is 14.0. The van der Waals surface area contributed by atoms with Gasteiger partial charge in [0.15, 0.2) is 0 Å². The molecule has 1 aromatic heterocycles.